The summed E-state index contributed by atoms with van der Waals surface area (Å²) in [4.78, 5) is 56.8. The van der Waals surface area contributed by atoms with E-state index in [-0.39, 0.29) is 34.1 Å². The summed E-state index contributed by atoms with van der Waals surface area (Å²) in [5.74, 6) is -0.190. The maximum atomic E-state index is 16.0. The molecule has 0 spiro atoms. The van der Waals surface area contributed by atoms with Crippen molar-refractivity contribution < 1.29 is 46.1 Å². The molecule has 0 aliphatic carbocycles. The number of nitrogen functional groups attached to an aromatic ring is 2. The molecule has 7 rings (SSSR count). The predicted octanol–water partition coefficient (Wildman–Crippen LogP) is 0.0761. The zero-order valence-electron chi connectivity index (χ0n) is 22.5. The van der Waals surface area contributed by atoms with Gasteiger partial charge in [-0.15, -0.1) is 0 Å². The van der Waals surface area contributed by atoms with Gasteiger partial charge in [0.15, 0.2) is 0 Å². The number of imidazole rings is 2. The van der Waals surface area contributed by atoms with E-state index in [1.165, 1.54) is 21.8 Å². The van der Waals surface area contributed by atoms with E-state index in [4.69, 9.17) is 39.0 Å². The van der Waals surface area contributed by atoms with E-state index in [9.17, 15) is 14.6 Å². The number of hydrogen-bond acceptors (Lipinski definition) is 18. The number of aromatic amines is 1. The number of nitrogens with zero attached hydrogens (tertiary/aromatic N) is 7. The second-order valence-electron chi connectivity index (χ2n) is 10.3. The van der Waals surface area contributed by atoms with Crippen LogP contribution < -0.4 is 17.0 Å². The Morgan fingerprint density at radius 2 is 1.49 bits per heavy atom. The van der Waals surface area contributed by atoms with Crippen molar-refractivity contribution in [1.29, 1.82) is 0 Å². The quantitative estimate of drug-likeness (QED) is 0.107. The topological polar surface area (TPSA) is 255 Å². The first-order valence-corrected chi connectivity index (χ1v) is 19.2. The molecule has 4 aromatic heterocycles. The van der Waals surface area contributed by atoms with Crippen LogP contribution in [0.4, 0.5) is 20.5 Å². The molecule has 0 unspecified atom stereocenters. The summed E-state index contributed by atoms with van der Waals surface area (Å²) in [7, 11) is -9.12. The molecular formula is C20H26F2N10O9P2S2. The van der Waals surface area contributed by atoms with Gasteiger partial charge in [0.05, 0.1) is 0 Å². The van der Waals surface area contributed by atoms with Crippen molar-refractivity contribution in [3.8, 4) is 0 Å². The van der Waals surface area contributed by atoms with Crippen LogP contribution in [0.15, 0.2) is 23.8 Å². The Balaban J connectivity index is 1.20. The Kier molecular flexibility index (Phi) is 7.90. The molecule has 7 N–H and O–H groups in total. The number of anilines is 2. The van der Waals surface area contributed by atoms with Crippen LogP contribution >= 0.6 is 38.8 Å². The summed E-state index contributed by atoms with van der Waals surface area (Å²) in [6.45, 7) is -1.25. The van der Waals surface area contributed by atoms with Gasteiger partial charge in [0.1, 0.15) is 0 Å². The first kappa shape index (κ1) is 31.2. The summed E-state index contributed by atoms with van der Waals surface area (Å²) in [5.41, 5.74) is 11.0. The summed E-state index contributed by atoms with van der Waals surface area (Å²) >= 11 is 8.24. The van der Waals surface area contributed by atoms with Crippen molar-refractivity contribution in [1.82, 2.24) is 39.0 Å². The molecule has 3 fully saturated rings. The molecule has 0 amide bonds. The number of nitrogens with one attached hydrogen (secondary N) is 1. The van der Waals surface area contributed by atoms with Gasteiger partial charge in [-0.2, -0.15) is 0 Å². The summed E-state index contributed by atoms with van der Waals surface area (Å²) in [6.07, 6.45) is -9.26. The van der Waals surface area contributed by atoms with Gasteiger partial charge in [-0.1, -0.05) is 0 Å². The van der Waals surface area contributed by atoms with Crippen molar-refractivity contribution in [3.05, 3.63) is 29.3 Å². The minimum atomic E-state index is -4.58. The second-order valence-corrected chi connectivity index (χ2v) is 16.9. The SMILES string of the molecule is Nc1nc2c(ncn2[C@@H]2O[C@@H]3CO[PH](O)(S)O[C@H]4[C@H](F)[C@H](n5cnc6c(N)ncnc65)O[C@@H]4CO[PH](O)(S)O[C@@H]2[C@@H]3F)c(=O)[nH]1. The molecule has 3 aliphatic rings. The fourth-order valence-electron chi connectivity index (χ4n) is 5.36. The zero-order chi connectivity index (χ0) is 31.8. The van der Waals surface area contributed by atoms with Crippen LogP contribution in [0.2, 0.25) is 0 Å². The number of ether oxygens (including phenoxy) is 2. The number of aromatic nitrogens is 8. The van der Waals surface area contributed by atoms with Crippen molar-refractivity contribution >= 4 is 72.9 Å². The van der Waals surface area contributed by atoms with Gasteiger partial charge in [0.2, 0.25) is 0 Å². The van der Waals surface area contributed by atoms with E-state index in [0.29, 0.717) is 0 Å². The summed E-state index contributed by atoms with van der Waals surface area (Å²) < 4.78 is 68.4. The molecule has 0 radical (unpaired) electrons. The summed E-state index contributed by atoms with van der Waals surface area (Å²) in [6, 6.07) is 0. The molecule has 246 valence electrons. The number of H-pyrrole nitrogens is 1. The molecule has 45 heavy (non-hydrogen) atoms. The average molecular weight is 715 g/mol. The molecule has 4 aromatic rings. The second kappa shape index (κ2) is 11.4. The van der Waals surface area contributed by atoms with E-state index < -0.39 is 82.3 Å². The standard InChI is InChI=1S/C20H26F2N10O9P2S2/c21-8-6-1-36-42(34,44)40-12-7(39-18(9(12)22)31-4-27-10-14(23)25-3-26-15(10)31)2-37-43(35,45)41-13(8)19(38-6)32-5-28-11-16(32)29-20(24)30-17(11)33/h3-9,12-13,18-19,34-35,42-45H,1-2H2,(H2,23,25,26)(H3,24,29,30,33)/t6-,7-,8-,9+,12-,13-,18-,19-/m1/s1. The van der Waals surface area contributed by atoms with Crippen LogP contribution in [0.1, 0.15) is 12.5 Å². The van der Waals surface area contributed by atoms with E-state index in [1.807, 2.05) is 0 Å². The van der Waals surface area contributed by atoms with Crippen LogP contribution in [0, 0.1) is 0 Å². The molecule has 3 saturated heterocycles. The Labute approximate surface area is 261 Å². The van der Waals surface area contributed by atoms with Crippen molar-refractivity contribution in [2.75, 3.05) is 24.7 Å². The molecule has 3 aliphatic heterocycles. The van der Waals surface area contributed by atoms with Gasteiger partial charge < -0.3 is 0 Å². The third-order valence-electron chi connectivity index (χ3n) is 7.37. The minimum absolute atomic E-state index is 0.0548. The van der Waals surface area contributed by atoms with Crippen LogP contribution in [-0.2, 0) is 27.6 Å². The van der Waals surface area contributed by atoms with E-state index in [1.54, 1.807) is 0 Å². The third kappa shape index (κ3) is 5.63. The number of thiol groups is 2. The van der Waals surface area contributed by atoms with Gasteiger partial charge >= 0.3 is 261 Å². The van der Waals surface area contributed by atoms with Crippen LogP contribution in [0.25, 0.3) is 22.3 Å². The van der Waals surface area contributed by atoms with E-state index >= 15 is 8.78 Å². The summed E-state index contributed by atoms with van der Waals surface area (Å²) in [5, 5.41) is 0. The molecule has 0 saturated carbocycles. The Morgan fingerprint density at radius 3 is 2.22 bits per heavy atom. The molecule has 0 aromatic carbocycles. The van der Waals surface area contributed by atoms with E-state index in [2.05, 4.69) is 54.4 Å². The Hall–Kier alpha value is -2.40. The monoisotopic (exact) mass is 714 g/mol. The first-order chi connectivity index (χ1) is 21.3. The predicted molar refractivity (Wildman–Crippen MR) is 161 cm³/mol. The molecule has 8 atom stereocenters. The Morgan fingerprint density at radius 1 is 0.867 bits per heavy atom. The van der Waals surface area contributed by atoms with Gasteiger partial charge in [-0.05, 0) is 0 Å². The van der Waals surface area contributed by atoms with Crippen molar-refractivity contribution in [2.45, 2.75) is 49.2 Å². The number of nitrogens with two attached hydrogens (primary N) is 2. The maximum absolute atomic E-state index is 16.0. The first-order valence-electron chi connectivity index (χ1n) is 13.1. The average Bonchev–Trinajstić information content (AvgIpc) is 3.72. The number of rotatable bonds is 2. The van der Waals surface area contributed by atoms with Crippen molar-refractivity contribution in [2.24, 2.45) is 0 Å². The van der Waals surface area contributed by atoms with Crippen LogP contribution in [-0.4, -0.2) is 98.8 Å². The van der Waals surface area contributed by atoms with Crippen molar-refractivity contribution in [3.63, 3.8) is 0 Å². The third-order valence-corrected chi connectivity index (χ3v) is 11.0. The normalized spacial score (nSPS) is 34.9. The molecular weight excluding hydrogens is 688 g/mol. The zero-order valence-corrected chi connectivity index (χ0v) is 26.2. The van der Waals surface area contributed by atoms with Gasteiger partial charge in [0, 0.05) is 0 Å². The number of halogens is 2. The van der Waals surface area contributed by atoms with E-state index in [0.717, 1.165) is 6.33 Å². The number of alkyl halides is 2. The van der Waals surface area contributed by atoms with Gasteiger partial charge in [0.25, 0.3) is 0 Å². The van der Waals surface area contributed by atoms with Gasteiger partial charge in [-0.25, -0.2) is 0 Å². The number of hydrogen-bond donors (Lipinski definition) is 7. The fraction of sp³-hybridized carbons (Fsp3) is 0.500. The Bertz CT molecular complexity index is 1820. The molecule has 2 bridgehead atoms. The van der Waals surface area contributed by atoms with Crippen LogP contribution in [0.3, 0.4) is 0 Å². The fourth-order valence-corrected chi connectivity index (χ4v) is 8.67. The van der Waals surface area contributed by atoms with Crippen LogP contribution in [0.5, 0.6) is 0 Å². The molecule has 25 heteroatoms. The molecule has 19 nitrogen and oxygen atoms in total. The van der Waals surface area contributed by atoms with Gasteiger partial charge in [-0.3, -0.25) is 0 Å². The molecule has 7 heterocycles. The number of fused-ring (bicyclic) bond motifs is 5.